The first kappa shape index (κ1) is 63.3. The fourth-order valence-corrected chi connectivity index (χ4v) is 8.07. The fourth-order valence-electron chi connectivity index (χ4n) is 7.57. The Labute approximate surface area is 413 Å². The van der Waals surface area contributed by atoms with Crippen LogP contribution in [0.2, 0.25) is 0 Å². The van der Waals surface area contributed by atoms with Crippen LogP contribution in [0.25, 0.3) is 0 Å². The van der Waals surface area contributed by atoms with E-state index in [1.807, 2.05) is 0 Å². The third-order valence-electron chi connectivity index (χ3n) is 11.5. The molecule has 0 radical (unpaired) electrons. The van der Waals surface area contributed by atoms with E-state index in [4.69, 9.17) is 18.9 Å². The Morgan fingerprint density at radius 3 is 1.50 bits per heavy atom. The Kier molecular flexibility index (Phi) is 42.3. The monoisotopic (exact) mass is 979 g/mol. The van der Waals surface area contributed by atoms with Crippen LogP contribution in [0.5, 0.6) is 0 Å². The third kappa shape index (κ3) is 38.1. The standard InChI is InChI=1S/C55H94O12S/c1-3-5-7-9-11-13-15-17-19-21-23-25-26-28-30-32-34-36-38-40-42-44-51(57)65-49(48-64-55-53(59)54(67-68(60,61)62)52(58)50(46-56)66-55)47-63-45-43-41-39-37-35-33-31-29-27-24-22-20-18-16-14-12-10-8-6-4-2/h6,8,12,14,18,20-21,23-24,27,31,33,37,39,49-50,52-56,58-59H,3-5,7,9-11,13,15-17,19,22,25-26,28-30,32,34-36,38,40-48H2,1-2H3,(H,60,61,62)/b8-6-,14-12-,20-18-,23-21-,27-24-,33-31-,39-37-. The van der Waals surface area contributed by atoms with Crippen LogP contribution in [-0.2, 0) is 38.3 Å². The molecule has 0 aromatic heterocycles. The quantitative estimate of drug-likeness (QED) is 0.0197. The van der Waals surface area contributed by atoms with Crippen molar-refractivity contribution in [2.75, 3.05) is 26.4 Å². The van der Waals surface area contributed by atoms with Crippen molar-refractivity contribution in [3.8, 4) is 0 Å². The van der Waals surface area contributed by atoms with Gasteiger partial charge < -0.3 is 34.3 Å². The predicted molar refractivity (Wildman–Crippen MR) is 275 cm³/mol. The average molecular weight is 979 g/mol. The maximum Gasteiger partial charge on any atom is 0.397 e. The molecule has 0 amide bonds. The van der Waals surface area contributed by atoms with Gasteiger partial charge in [0, 0.05) is 13.0 Å². The zero-order valence-corrected chi connectivity index (χ0v) is 43.0. The largest absolute Gasteiger partial charge is 0.457 e. The molecule has 6 atom stereocenters. The first-order chi connectivity index (χ1) is 33.1. The van der Waals surface area contributed by atoms with Gasteiger partial charge in [-0.05, 0) is 83.5 Å². The summed E-state index contributed by atoms with van der Waals surface area (Å²) in [5, 5.41) is 30.8. The van der Waals surface area contributed by atoms with Gasteiger partial charge in [-0.1, -0.05) is 189 Å². The normalized spacial score (nSPS) is 20.0. The molecule has 1 rings (SSSR count). The van der Waals surface area contributed by atoms with Crippen molar-refractivity contribution in [2.45, 2.75) is 230 Å². The Balaban J connectivity index is 2.40. The SMILES string of the molecule is CC/C=C\C/C=C\C/C=C\C/C=C\C/C=C\C/C=C\CCCOCC(COC1OC(CO)C(O)C(OS(=O)(=O)O)C1O)OC(=O)CCCCCCCCCCC/C=C\CCCCCCCCCC. The number of carbonyl (C=O) groups excluding carboxylic acids is 1. The summed E-state index contributed by atoms with van der Waals surface area (Å²) in [4.78, 5) is 12.9. The zero-order valence-electron chi connectivity index (χ0n) is 42.1. The van der Waals surface area contributed by atoms with Crippen molar-refractivity contribution in [3.63, 3.8) is 0 Å². The predicted octanol–water partition coefficient (Wildman–Crippen LogP) is 12.4. The number of aliphatic hydroxyl groups excluding tert-OH is 3. The lowest BCUT2D eigenvalue weighted by molar-refractivity contribution is -0.301. The van der Waals surface area contributed by atoms with Gasteiger partial charge in [0.2, 0.25) is 0 Å². The minimum absolute atomic E-state index is 0.00903. The highest BCUT2D eigenvalue weighted by molar-refractivity contribution is 7.80. The lowest BCUT2D eigenvalue weighted by atomic mass is 9.99. The number of hydrogen-bond acceptors (Lipinski definition) is 11. The summed E-state index contributed by atoms with van der Waals surface area (Å²) in [5.74, 6) is -0.423. The van der Waals surface area contributed by atoms with Crippen molar-refractivity contribution in [2.24, 2.45) is 0 Å². The lowest BCUT2D eigenvalue weighted by Crippen LogP contribution is -2.60. The summed E-state index contributed by atoms with van der Waals surface area (Å²) in [5.41, 5.74) is 0. The molecule has 1 saturated heterocycles. The van der Waals surface area contributed by atoms with Gasteiger partial charge in [-0.3, -0.25) is 9.35 Å². The van der Waals surface area contributed by atoms with Crippen LogP contribution in [0.15, 0.2) is 85.1 Å². The smallest absolute Gasteiger partial charge is 0.397 e. The molecule has 12 nitrogen and oxygen atoms in total. The molecule has 1 aliphatic rings. The molecular weight excluding hydrogens is 885 g/mol. The number of aliphatic hydroxyl groups is 3. The van der Waals surface area contributed by atoms with E-state index in [2.05, 4.69) is 103 Å². The van der Waals surface area contributed by atoms with Crippen molar-refractivity contribution < 1.29 is 56.2 Å². The molecule has 0 aromatic carbocycles. The highest BCUT2D eigenvalue weighted by Crippen LogP contribution is 2.26. The zero-order chi connectivity index (χ0) is 49.6. The van der Waals surface area contributed by atoms with Crippen molar-refractivity contribution in [1.29, 1.82) is 0 Å². The molecule has 13 heteroatoms. The molecule has 392 valence electrons. The van der Waals surface area contributed by atoms with Gasteiger partial charge in [0.25, 0.3) is 0 Å². The van der Waals surface area contributed by atoms with Crippen LogP contribution in [0.1, 0.15) is 194 Å². The van der Waals surface area contributed by atoms with Gasteiger partial charge in [-0.25, -0.2) is 4.18 Å². The van der Waals surface area contributed by atoms with Crippen LogP contribution in [0.4, 0.5) is 0 Å². The topological polar surface area (TPSA) is 178 Å². The average Bonchev–Trinajstić information content (AvgIpc) is 3.31. The second-order valence-corrected chi connectivity index (χ2v) is 18.8. The molecule has 0 aromatic rings. The number of esters is 1. The van der Waals surface area contributed by atoms with Crippen molar-refractivity contribution in [3.05, 3.63) is 85.1 Å². The summed E-state index contributed by atoms with van der Waals surface area (Å²) in [6.45, 7) is 3.73. The van der Waals surface area contributed by atoms with Crippen LogP contribution < -0.4 is 0 Å². The van der Waals surface area contributed by atoms with Crippen LogP contribution >= 0.6 is 0 Å². The molecule has 0 saturated carbocycles. The Morgan fingerprint density at radius 1 is 0.574 bits per heavy atom. The number of hydrogen-bond donors (Lipinski definition) is 4. The van der Waals surface area contributed by atoms with E-state index in [0.29, 0.717) is 13.0 Å². The van der Waals surface area contributed by atoms with E-state index >= 15 is 0 Å². The van der Waals surface area contributed by atoms with Crippen LogP contribution in [0, 0.1) is 0 Å². The highest BCUT2D eigenvalue weighted by Gasteiger charge is 2.48. The number of ether oxygens (including phenoxy) is 4. The van der Waals surface area contributed by atoms with Gasteiger partial charge in [-0.15, -0.1) is 0 Å². The summed E-state index contributed by atoms with van der Waals surface area (Å²) in [7, 11) is -5.08. The number of allylic oxidation sites excluding steroid dienone is 14. The van der Waals surface area contributed by atoms with Gasteiger partial charge in [-0.2, -0.15) is 8.42 Å². The molecule has 0 bridgehead atoms. The molecule has 68 heavy (non-hydrogen) atoms. The maximum absolute atomic E-state index is 12.9. The van der Waals surface area contributed by atoms with Crippen LogP contribution in [-0.4, -0.2) is 97.5 Å². The van der Waals surface area contributed by atoms with Crippen LogP contribution in [0.3, 0.4) is 0 Å². The van der Waals surface area contributed by atoms with E-state index in [0.717, 1.165) is 70.6 Å². The highest BCUT2D eigenvalue weighted by atomic mass is 32.3. The molecule has 1 aliphatic heterocycles. The van der Waals surface area contributed by atoms with Gasteiger partial charge in [0.1, 0.15) is 30.5 Å². The molecule has 0 spiro atoms. The van der Waals surface area contributed by atoms with Gasteiger partial charge >= 0.3 is 16.4 Å². The van der Waals surface area contributed by atoms with E-state index in [-0.39, 0.29) is 19.6 Å². The summed E-state index contributed by atoms with van der Waals surface area (Å²) in [6, 6.07) is 0. The molecule has 6 unspecified atom stereocenters. The second kappa shape index (κ2) is 45.4. The Hall–Kier alpha value is -2.72. The molecule has 1 fully saturated rings. The minimum Gasteiger partial charge on any atom is -0.457 e. The van der Waals surface area contributed by atoms with Crippen molar-refractivity contribution >= 4 is 16.4 Å². The Morgan fingerprint density at radius 2 is 1.01 bits per heavy atom. The molecule has 0 aliphatic carbocycles. The van der Waals surface area contributed by atoms with E-state index in [1.165, 1.54) is 96.3 Å². The summed E-state index contributed by atoms with van der Waals surface area (Å²) >= 11 is 0. The molecule has 4 N–H and O–H groups in total. The van der Waals surface area contributed by atoms with Gasteiger partial charge in [0.15, 0.2) is 6.29 Å². The van der Waals surface area contributed by atoms with Gasteiger partial charge in [0.05, 0.1) is 19.8 Å². The summed E-state index contributed by atoms with van der Waals surface area (Å²) in [6.07, 6.45) is 52.0. The van der Waals surface area contributed by atoms with E-state index in [1.54, 1.807) is 0 Å². The molecular formula is C55H94O12S. The van der Waals surface area contributed by atoms with E-state index < -0.39 is 59.8 Å². The molecule has 1 heterocycles. The number of carbonyl (C=O) groups is 1. The second-order valence-electron chi connectivity index (χ2n) is 17.7. The first-order valence-corrected chi connectivity index (χ1v) is 27.7. The lowest BCUT2D eigenvalue weighted by Gasteiger charge is -2.41. The first-order valence-electron chi connectivity index (χ1n) is 26.3. The number of rotatable bonds is 45. The Bertz CT molecular complexity index is 1500. The van der Waals surface area contributed by atoms with E-state index in [9.17, 15) is 33.1 Å². The fraction of sp³-hybridized carbons (Fsp3) is 0.727. The summed E-state index contributed by atoms with van der Waals surface area (Å²) < 4.78 is 59.2. The number of unbranched alkanes of at least 4 members (excludes halogenated alkanes) is 18. The maximum atomic E-state index is 12.9. The minimum atomic E-state index is -5.08. The van der Waals surface area contributed by atoms with Crippen molar-refractivity contribution in [1.82, 2.24) is 0 Å². The third-order valence-corrected chi connectivity index (χ3v) is 12.0.